The van der Waals surface area contributed by atoms with Crippen LogP contribution in [0.15, 0.2) is 22.7 Å². The summed E-state index contributed by atoms with van der Waals surface area (Å²) in [4.78, 5) is 4.27. The lowest BCUT2D eigenvalue weighted by Crippen LogP contribution is -2.16. The fraction of sp³-hybridized carbons (Fsp3) is 0.385. The van der Waals surface area contributed by atoms with Gasteiger partial charge in [-0.2, -0.15) is 4.98 Å². The van der Waals surface area contributed by atoms with Crippen LogP contribution in [0.25, 0.3) is 11.4 Å². The van der Waals surface area contributed by atoms with Crippen molar-refractivity contribution in [3.8, 4) is 17.1 Å². The second-order valence-electron chi connectivity index (χ2n) is 4.90. The molecule has 0 atom stereocenters. The first-order valence-corrected chi connectivity index (χ1v) is 8.32. The lowest BCUT2D eigenvalue weighted by atomic mass is 10.1. The van der Waals surface area contributed by atoms with Gasteiger partial charge in [0.2, 0.25) is 21.7 Å². The van der Waals surface area contributed by atoms with Gasteiger partial charge in [0.05, 0.1) is 12.4 Å². The number of ether oxygens (including phenoxy) is 1. The number of aryl methyl sites for hydroxylation is 1. The van der Waals surface area contributed by atoms with E-state index >= 15 is 0 Å². The molecule has 112 valence electrons. The monoisotopic (exact) mass is 309 g/mol. The average molecular weight is 309 g/mol. The second kappa shape index (κ2) is 5.45. The maximum atomic E-state index is 10.9. The smallest absolute Gasteiger partial charge is 0.226 e. The third-order valence-electron chi connectivity index (χ3n) is 3.24. The van der Waals surface area contributed by atoms with Gasteiger partial charge in [-0.1, -0.05) is 5.16 Å². The minimum Gasteiger partial charge on any atom is -0.493 e. The summed E-state index contributed by atoms with van der Waals surface area (Å²) in [6, 6.07) is 5.76. The van der Waals surface area contributed by atoms with Crippen molar-refractivity contribution in [2.75, 3.05) is 12.4 Å². The van der Waals surface area contributed by atoms with E-state index in [1.807, 2.05) is 18.2 Å². The summed E-state index contributed by atoms with van der Waals surface area (Å²) in [6.45, 7) is 0.698. The van der Waals surface area contributed by atoms with Crippen molar-refractivity contribution in [2.45, 2.75) is 19.3 Å². The zero-order valence-corrected chi connectivity index (χ0v) is 12.1. The number of sulfonamides is 1. The number of nitrogens with zero attached hydrogens (tertiary/aromatic N) is 2. The van der Waals surface area contributed by atoms with Gasteiger partial charge in [-0.05, 0) is 30.2 Å². The fourth-order valence-corrected chi connectivity index (χ4v) is 2.77. The molecule has 0 fully saturated rings. The van der Waals surface area contributed by atoms with Crippen molar-refractivity contribution in [3.63, 3.8) is 0 Å². The van der Waals surface area contributed by atoms with E-state index in [0.29, 0.717) is 31.2 Å². The molecule has 0 spiro atoms. The topological polar surface area (TPSA) is 108 Å². The summed E-state index contributed by atoms with van der Waals surface area (Å²) in [5.74, 6) is 1.71. The molecule has 0 radical (unpaired) electrons. The van der Waals surface area contributed by atoms with Gasteiger partial charge in [0.1, 0.15) is 5.75 Å². The highest BCUT2D eigenvalue weighted by atomic mass is 32.2. The van der Waals surface area contributed by atoms with Crippen molar-refractivity contribution < 1.29 is 17.7 Å². The highest BCUT2D eigenvalue weighted by Crippen LogP contribution is 2.29. The molecule has 0 saturated carbocycles. The Bertz CT molecular complexity index is 755. The van der Waals surface area contributed by atoms with Crippen LogP contribution >= 0.6 is 0 Å². The first kappa shape index (κ1) is 14.0. The molecular formula is C13H15N3O4S. The quantitative estimate of drug-likeness (QED) is 0.878. The van der Waals surface area contributed by atoms with Crippen LogP contribution in [0.3, 0.4) is 0 Å². The van der Waals surface area contributed by atoms with Crippen molar-refractivity contribution in [1.29, 1.82) is 0 Å². The molecule has 2 aromatic rings. The molecule has 2 N–H and O–H groups in total. The first-order chi connectivity index (χ1) is 10.0. The van der Waals surface area contributed by atoms with Crippen molar-refractivity contribution in [3.05, 3.63) is 29.7 Å². The van der Waals surface area contributed by atoms with Crippen LogP contribution in [-0.4, -0.2) is 30.9 Å². The van der Waals surface area contributed by atoms with Crippen molar-refractivity contribution >= 4 is 10.0 Å². The van der Waals surface area contributed by atoms with E-state index in [4.69, 9.17) is 14.4 Å². The molecular weight excluding hydrogens is 294 g/mol. The van der Waals surface area contributed by atoms with Gasteiger partial charge < -0.3 is 9.26 Å². The largest absolute Gasteiger partial charge is 0.493 e. The van der Waals surface area contributed by atoms with E-state index in [9.17, 15) is 8.42 Å². The first-order valence-electron chi connectivity index (χ1n) is 6.60. The molecule has 0 saturated heterocycles. The number of nitrogens with two attached hydrogens (primary N) is 1. The Labute approximate surface area is 122 Å². The Balaban J connectivity index is 1.70. The molecule has 1 aromatic carbocycles. The van der Waals surface area contributed by atoms with E-state index < -0.39 is 10.0 Å². The number of aromatic nitrogens is 2. The van der Waals surface area contributed by atoms with Crippen molar-refractivity contribution in [2.24, 2.45) is 5.14 Å². The Morgan fingerprint density at radius 1 is 1.33 bits per heavy atom. The molecule has 21 heavy (non-hydrogen) atoms. The highest BCUT2D eigenvalue weighted by Gasteiger charge is 2.15. The third kappa shape index (κ3) is 3.40. The van der Waals surface area contributed by atoms with Crippen LogP contribution in [0, 0.1) is 0 Å². The normalized spacial score (nSPS) is 14.0. The Morgan fingerprint density at radius 2 is 2.19 bits per heavy atom. The van der Waals surface area contributed by atoms with E-state index in [0.717, 1.165) is 23.3 Å². The minimum absolute atomic E-state index is 0.0963. The number of rotatable bonds is 5. The molecule has 0 amide bonds. The van der Waals surface area contributed by atoms with Crippen LogP contribution < -0.4 is 9.88 Å². The van der Waals surface area contributed by atoms with Gasteiger partial charge in [-0.25, -0.2) is 13.6 Å². The molecule has 1 aliphatic heterocycles. The van der Waals surface area contributed by atoms with Gasteiger partial charge in [0.15, 0.2) is 0 Å². The number of hydrogen-bond donors (Lipinski definition) is 1. The zero-order valence-electron chi connectivity index (χ0n) is 11.3. The van der Waals surface area contributed by atoms with Gasteiger partial charge in [-0.15, -0.1) is 0 Å². The van der Waals surface area contributed by atoms with E-state index in [-0.39, 0.29) is 5.75 Å². The maximum absolute atomic E-state index is 10.9. The molecule has 0 unspecified atom stereocenters. The number of primary sulfonamides is 1. The maximum Gasteiger partial charge on any atom is 0.226 e. The second-order valence-corrected chi connectivity index (χ2v) is 6.64. The van der Waals surface area contributed by atoms with Gasteiger partial charge in [0.25, 0.3) is 0 Å². The lowest BCUT2D eigenvalue weighted by Gasteiger charge is -1.99. The molecule has 7 nitrogen and oxygen atoms in total. The van der Waals surface area contributed by atoms with Crippen LogP contribution in [0.2, 0.25) is 0 Å². The lowest BCUT2D eigenvalue weighted by molar-refractivity contribution is 0.357. The van der Waals surface area contributed by atoms with E-state index in [1.165, 1.54) is 0 Å². The summed E-state index contributed by atoms with van der Waals surface area (Å²) in [5, 5.41) is 8.86. The molecule has 2 heterocycles. The number of benzene rings is 1. The Kier molecular flexibility index (Phi) is 3.64. The molecule has 0 bridgehead atoms. The standard InChI is InChI=1S/C13H15N3O4S/c14-21(17,18)7-1-2-12-15-13(16-20-12)10-3-4-11-9(8-10)5-6-19-11/h3-4,8H,1-2,5-7H2,(H2,14,17,18). The molecule has 1 aromatic heterocycles. The van der Waals surface area contributed by atoms with Crippen LogP contribution in [0.5, 0.6) is 5.75 Å². The molecule has 8 heteroatoms. The number of hydrogen-bond acceptors (Lipinski definition) is 6. The molecule has 0 aliphatic carbocycles. The third-order valence-corrected chi connectivity index (χ3v) is 4.09. The molecule has 3 rings (SSSR count). The van der Waals surface area contributed by atoms with Crippen LogP contribution in [0.4, 0.5) is 0 Å². The summed E-state index contributed by atoms with van der Waals surface area (Å²) in [5.41, 5.74) is 1.99. The van der Waals surface area contributed by atoms with Crippen LogP contribution in [-0.2, 0) is 22.9 Å². The van der Waals surface area contributed by atoms with E-state index in [2.05, 4.69) is 10.1 Å². The van der Waals surface area contributed by atoms with Crippen LogP contribution in [0.1, 0.15) is 17.9 Å². The predicted octanol–water partition coefficient (Wildman–Crippen LogP) is 0.893. The fourth-order valence-electron chi connectivity index (χ4n) is 2.22. The van der Waals surface area contributed by atoms with Gasteiger partial charge in [0, 0.05) is 18.4 Å². The van der Waals surface area contributed by atoms with Gasteiger partial charge >= 0.3 is 0 Å². The summed E-state index contributed by atoms with van der Waals surface area (Å²) in [6.07, 6.45) is 1.62. The minimum atomic E-state index is -3.45. The Morgan fingerprint density at radius 3 is 3.00 bits per heavy atom. The summed E-state index contributed by atoms with van der Waals surface area (Å²) >= 11 is 0. The Hall–Kier alpha value is -1.93. The summed E-state index contributed by atoms with van der Waals surface area (Å²) in [7, 11) is -3.45. The zero-order chi connectivity index (χ0) is 14.9. The van der Waals surface area contributed by atoms with Crippen molar-refractivity contribution in [1.82, 2.24) is 10.1 Å². The SMILES string of the molecule is NS(=O)(=O)CCCc1nc(-c2ccc3c(c2)CCO3)no1. The number of fused-ring (bicyclic) bond motifs is 1. The van der Waals surface area contributed by atoms with Gasteiger partial charge in [-0.3, -0.25) is 0 Å². The average Bonchev–Trinajstić information content (AvgIpc) is 3.04. The molecule has 1 aliphatic rings. The highest BCUT2D eigenvalue weighted by molar-refractivity contribution is 7.89. The predicted molar refractivity (Wildman–Crippen MR) is 75.2 cm³/mol. The van der Waals surface area contributed by atoms with E-state index in [1.54, 1.807) is 0 Å². The summed E-state index contributed by atoms with van der Waals surface area (Å²) < 4.78 is 32.3.